The fraction of sp³-hybridized carbons (Fsp3) is 0.714. The van der Waals surface area contributed by atoms with Crippen LogP contribution in [-0.4, -0.2) is 14.2 Å². The monoisotopic (exact) mass is 266 g/mol. The molecule has 1 saturated carbocycles. The third-order valence-corrected chi connectivity index (χ3v) is 3.88. The van der Waals surface area contributed by atoms with Crippen molar-refractivity contribution in [1.82, 2.24) is 9.13 Å². The minimum absolute atomic E-state index is 0.00206. The largest absolute Gasteiger partial charge is 0.494 e. The zero-order chi connectivity index (χ0) is 13.8. The Morgan fingerprint density at radius 1 is 1.26 bits per heavy atom. The summed E-state index contributed by atoms with van der Waals surface area (Å²) in [4.78, 5) is 24.4. The molecule has 1 heterocycles. The van der Waals surface area contributed by atoms with Crippen LogP contribution in [0.15, 0.2) is 15.7 Å². The Balaban J connectivity index is 2.42. The molecule has 1 aliphatic carbocycles. The molecule has 0 spiro atoms. The van der Waals surface area contributed by atoms with Gasteiger partial charge in [-0.3, -0.25) is 13.9 Å². The number of hydrogen-bond acceptors (Lipinski definition) is 3. The van der Waals surface area contributed by atoms with Gasteiger partial charge in [-0.05, 0) is 19.3 Å². The predicted molar refractivity (Wildman–Crippen MR) is 73.7 cm³/mol. The van der Waals surface area contributed by atoms with E-state index < -0.39 is 0 Å². The molecule has 0 aliphatic heterocycles. The molecule has 0 radical (unpaired) electrons. The summed E-state index contributed by atoms with van der Waals surface area (Å²) in [5, 5.41) is 9.77. The van der Waals surface area contributed by atoms with Crippen LogP contribution < -0.4 is 11.2 Å². The Morgan fingerprint density at radius 3 is 2.58 bits per heavy atom. The summed E-state index contributed by atoms with van der Waals surface area (Å²) in [5.41, 5.74) is -0.729. The maximum absolute atomic E-state index is 12.4. The van der Waals surface area contributed by atoms with Crippen LogP contribution in [0.4, 0.5) is 0 Å². The number of rotatable bonds is 4. The Morgan fingerprint density at radius 2 is 1.95 bits per heavy atom. The van der Waals surface area contributed by atoms with E-state index in [2.05, 4.69) is 0 Å². The zero-order valence-electron chi connectivity index (χ0n) is 11.5. The zero-order valence-corrected chi connectivity index (χ0v) is 11.5. The minimum atomic E-state index is -0.373. The van der Waals surface area contributed by atoms with Crippen molar-refractivity contribution in [2.45, 2.75) is 64.5 Å². The number of unbranched alkanes of at least 4 members (excludes halogenated alkanes) is 1. The molecule has 5 heteroatoms. The first-order chi connectivity index (χ1) is 9.15. The van der Waals surface area contributed by atoms with E-state index >= 15 is 0 Å². The molecule has 0 bridgehead atoms. The number of aromatic hydroxyl groups is 1. The topological polar surface area (TPSA) is 64.2 Å². The molecule has 1 aliphatic rings. The standard InChI is InChI=1S/C14H22N2O3/c1-2-3-9-15-12(17)10-13(18)16(14(15)19)11-7-5-4-6-8-11/h10-11,17H,2-9H2,1H3. The highest BCUT2D eigenvalue weighted by Crippen LogP contribution is 2.26. The van der Waals surface area contributed by atoms with Crippen molar-refractivity contribution < 1.29 is 5.11 Å². The van der Waals surface area contributed by atoms with Gasteiger partial charge in [-0.15, -0.1) is 0 Å². The maximum Gasteiger partial charge on any atom is 0.334 e. The van der Waals surface area contributed by atoms with Crippen LogP contribution >= 0.6 is 0 Å². The molecule has 1 N–H and O–H groups in total. The molecule has 1 aromatic heterocycles. The molecule has 2 rings (SSSR count). The summed E-state index contributed by atoms with van der Waals surface area (Å²) >= 11 is 0. The van der Waals surface area contributed by atoms with Crippen LogP contribution in [0.2, 0.25) is 0 Å². The molecule has 0 unspecified atom stereocenters. The van der Waals surface area contributed by atoms with E-state index in [1.807, 2.05) is 6.92 Å². The van der Waals surface area contributed by atoms with Crippen LogP contribution in [0.5, 0.6) is 5.88 Å². The van der Waals surface area contributed by atoms with Gasteiger partial charge in [0.25, 0.3) is 5.56 Å². The molecule has 5 nitrogen and oxygen atoms in total. The number of hydrogen-bond donors (Lipinski definition) is 1. The Bertz CT molecular complexity index is 539. The van der Waals surface area contributed by atoms with Crippen molar-refractivity contribution >= 4 is 0 Å². The van der Waals surface area contributed by atoms with Gasteiger partial charge in [0.05, 0.1) is 6.07 Å². The van der Waals surface area contributed by atoms with E-state index in [1.54, 1.807) is 0 Å². The number of nitrogens with zero attached hydrogens (tertiary/aromatic N) is 2. The van der Waals surface area contributed by atoms with Crippen LogP contribution in [0.1, 0.15) is 57.9 Å². The van der Waals surface area contributed by atoms with Crippen LogP contribution in [-0.2, 0) is 6.54 Å². The fourth-order valence-electron chi connectivity index (χ4n) is 2.78. The van der Waals surface area contributed by atoms with Gasteiger partial charge in [0, 0.05) is 12.6 Å². The Labute approximate surface area is 112 Å². The first-order valence-electron chi connectivity index (χ1n) is 7.20. The molecule has 0 amide bonds. The van der Waals surface area contributed by atoms with Gasteiger partial charge in [0.1, 0.15) is 0 Å². The second kappa shape index (κ2) is 6.08. The third-order valence-electron chi connectivity index (χ3n) is 3.88. The smallest absolute Gasteiger partial charge is 0.334 e. The Kier molecular flexibility index (Phi) is 4.45. The molecular formula is C14H22N2O3. The van der Waals surface area contributed by atoms with E-state index in [4.69, 9.17) is 0 Å². The van der Waals surface area contributed by atoms with Crippen molar-refractivity contribution in [2.75, 3.05) is 0 Å². The lowest BCUT2D eigenvalue weighted by Crippen LogP contribution is -2.42. The molecule has 0 aromatic carbocycles. The van der Waals surface area contributed by atoms with Gasteiger partial charge in [-0.1, -0.05) is 32.6 Å². The van der Waals surface area contributed by atoms with Gasteiger partial charge in [0.15, 0.2) is 0 Å². The molecule has 106 valence electrons. The van der Waals surface area contributed by atoms with E-state index in [0.29, 0.717) is 6.54 Å². The lowest BCUT2D eigenvalue weighted by atomic mass is 9.95. The second-order valence-corrected chi connectivity index (χ2v) is 5.29. The summed E-state index contributed by atoms with van der Waals surface area (Å²) < 4.78 is 2.66. The fourth-order valence-corrected chi connectivity index (χ4v) is 2.78. The highest BCUT2D eigenvalue weighted by atomic mass is 16.3. The van der Waals surface area contributed by atoms with E-state index in [9.17, 15) is 14.7 Å². The lowest BCUT2D eigenvalue weighted by Gasteiger charge is -2.24. The van der Waals surface area contributed by atoms with Crippen molar-refractivity contribution in [3.05, 3.63) is 26.9 Å². The lowest BCUT2D eigenvalue weighted by molar-refractivity contribution is 0.314. The highest BCUT2D eigenvalue weighted by Gasteiger charge is 2.20. The maximum atomic E-state index is 12.4. The van der Waals surface area contributed by atoms with E-state index in [1.165, 1.54) is 21.6 Å². The van der Waals surface area contributed by atoms with Crippen LogP contribution in [0.25, 0.3) is 0 Å². The normalized spacial score (nSPS) is 16.7. The molecule has 1 aromatic rings. The number of aromatic nitrogens is 2. The van der Waals surface area contributed by atoms with Gasteiger partial charge >= 0.3 is 5.69 Å². The summed E-state index contributed by atoms with van der Waals surface area (Å²) in [6.45, 7) is 2.49. The Hall–Kier alpha value is -1.52. The quantitative estimate of drug-likeness (QED) is 0.906. The molecule has 0 saturated heterocycles. The van der Waals surface area contributed by atoms with Crippen molar-refractivity contribution in [3.63, 3.8) is 0 Å². The summed E-state index contributed by atoms with van der Waals surface area (Å²) in [7, 11) is 0. The SMILES string of the molecule is CCCCn1c(O)cc(=O)n(C2CCCCC2)c1=O. The third kappa shape index (κ3) is 2.91. The van der Waals surface area contributed by atoms with Gasteiger partial charge < -0.3 is 5.11 Å². The van der Waals surface area contributed by atoms with E-state index in [0.717, 1.165) is 38.5 Å². The first-order valence-corrected chi connectivity index (χ1v) is 7.20. The molecule has 0 atom stereocenters. The highest BCUT2D eigenvalue weighted by molar-refractivity contribution is 5.08. The van der Waals surface area contributed by atoms with Gasteiger partial charge in [-0.2, -0.15) is 0 Å². The predicted octanol–water partition coefficient (Wildman–Crippen LogP) is 2.02. The minimum Gasteiger partial charge on any atom is -0.494 e. The second-order valence-electron chi connectivity index (χ2n) is 5.29. The average Bonchev–Trinajstić information content (AvgIpc) is 2.39. The molecule has 1 fully saturated rings. The summed E-state index contributed by atoms with van der Waals surface area (Å²) in [6, 6.07) is 1.17. The van der Waals surface area contributed by atoms with Crippen molar-refractivity contribution in [3.8, 4) is 5.88 Å². The van der Waals surface area contributed by atoms with Crippen LogP contribution in [0, 0.1) is 0 Å². The molecule has 19 heavy (non-hydrogen) atoms. The summed E-state index contributed by atoms with van der Waals surface area (Å²) in [5.74, 6) is -0.212. The van der Waals surface area contributed by atoms with Gasteiger partial charge in [-0.25, -0.2) is 4.79 Å². The summed E-state index contributed by atoms with van der Waals surface area (Å²) in [6.07, 6.45) is 6.82. The van der Waals surface area contributed by atoms with E-state index in [-0.39, 0.29) is 23.2 Å². The van der Waals surface area contributed by atoms with Gasteiger partial charge in [0.2, 0.25) is 5.88 Å². The van der Waals surface area contributed by atoms with Crippen molar-refractivity contribution in [1.29, 1.82) is 0 Å². The first kappa shape index (κ1) is 13.9. The van der Waals surface area contributed by atoms with Crippen molar-refractivity contribution in [2.24, 2.45) is 0 Å². The average molecular weight is 266 g/mol. The molecular weight excluding hydrogens is 244 g/mol. The van der Waals surface area contributed by atoms with Crippen LogP contribution in [0.3, 0.4) is 0 Å².